The van der Waals surface area contributed by atoms with Crippen LogP contribution in [0.2, 0.25) is 0 Å². The Bertz CT molecular complexity index is 636. The molecule has 2 aliphatic rings. The van der Waals surface area contributed by atoms with Crippen molar-refractivity contribution >= 4 is 11.8 Å². The minimum Gasteiger partial charge on any atom is -0.352 e. The summed E-state index contributed by atoms with van der Waals surface area (Å²) in [5, 5.41) is 6.46. The number of aromatic nitrogens is 1. The monoisotopic (exact) mass is 330 g/mol. The van der Waals surface area contributed by atoms with E-state index >= 15 is 0 Å². The molecule has 3 rings (SSSR count). The molecule has 0 atom stereocenters. The van der Waals surface area contributed by atoms with Crippen molar-refractivity contribution in [2.75, 3.05) is 19.6 Å². The Balaban J connectivity index is 1.60. The smallest absolute Gasteiger partial charge is 0.223 e. The SMILES string of the molecule is CC(=O)N1CCC(C(=O)NCc2c(C)ncc3c2CCNC3)CC1. The fourth-order valence-electron chi connectivity index (χ4n) is 3.65. The van der Waals surface area contributed by atoms with Gasteiger partial charge in [-0.1, -0.05) is 0 Å². The van der Waals surface area contributed by atoms with Crippen LogP contribution in [0, 0.1) is 12.8 Å². The third kappa shape index (κ3) is 3.59. The Labute approximate surface area is 143 Å². The first kappa shape index (κ1) is 16.9. The fourth-order valence-corrected chi connectivity index (χ4v) is 3.65. The molecule has 0 radical (unpaired) electrons. The number of rotatable bonds is 3. The molecule has 1 aromatic rings. The second-order valence-corrected chi connectivity index (χ2v) is 6.75. The normalized spacial score (nSPS) is 18.2. The van der Waals surface area contributed by atoms with Gasteiger partial charge >= 0.3 is 0 Å². The molecule has 0 aliphatic carbocycles. The van der Waals surface area contributed by atoms with Crippen molar-refractivity contribution in [3.05, 3.63) is 28.6 Å². The summed E-state index contributed by atoms with van der Waals surface area (Å²) in [5.74, 6) is 0.208. The number of nitrogens with zero attached hydrogens (tertiary/aromatic N) is 2. The van der Waals surface area contributed by atoms with Crippen LogP contribution in [0.4, 0.5) is 0 Å². The predicted octanol–water partition coefficient (Wildman–Crippen LogP) is 0.910. The van der Waals surface area contributed by atoms with Gasteiger partial charge in [-0.15, -0.1) is 0 Å². The lowest BCUT2D eigenvalue weighted by atomic mass is 9.94. The fraction of sp³-hybridized carbons (Fsp3) is 0.611. The average molecular weight is 330 g/mol. The largest absolute Gasteiger partial charge is 0.352 e. The van der Waals surface area contributed by atoms with E-state index in [9.17, 15) is 9.59 Å². The highest BCUT2D eigenvalue weighted by atomic mass is 16.2. The van der Waals surface area contributed by atoms with E-state index in [-0.39, 0.29) is 17.7 Å². The van der Waals surface area contributed by atoms with Gasteiger partial charge in [-0.3, -0.25) is 14.6 Å². The molecule has 6 nitrogen and oxygen atoms in total. The lowest BCUT2D eigenvalue weighted by molar-refractivity contribution is -0.134. The van der Waals surface area contributed by atoms with E-state index in [1.807, 2.05) is 18.0 Å². The van der Waals surface area contributed by atoms with Crippen molar-refractivity contribution < 1.29 is 9.59 Å². The zero-order chi connectivity index (χ0) is 17.1. The molecule has 2 N–H and O–H groups in total. The highest BCUT2D eigenvalue weighted by molar-refractivity contribution is 5.79. The van der Waals surface area contributed by atoms with Gasteiger partial charge in [0.1, 0.15) is 0 Å². The molecular weight excluding hydrogens is 304 g/mol. The van der Waals surface area contributed by atoms with Gasteiger partial charge < -0.3 is 15.5 Å². The molecule has 0 spiro atoms. The summed E-state index contributed by atoms with van der Waals surface area (Å²) in [5.41, 5.74) is 4.75. The van der Waals surface area contributed by atoms with Crippen molar-refractivity contribution in [2.45, 2.75) is 46.2 Å². The second-order valence-electron chi connectivity index (χ2n) is 6.75. The zero-order valence-electron chi connectivity index (χ0n) is 14.5. The molecule has 0 aromatic carbocycles. The number of carbonyl (C=O) groups is 2. The van der Waals surface area contributed by atoms with Crippen LogP contribution < -0.4 is 10.6 Å². The minimum absolute atomic E-state index is 0.00932. The molecule has 0 bridgehead atoms. The van der Waals surface area contributed by atoms with Gasteiger partial charge in [0.2, 0.25) is 11.8 Å². The van der Waals surface area contributed by atoms with Gasteiger partial charge in [0.25, 0.3) is 0 Å². The van der Waals surface area contributed by atoms with Crippen molar-refractivity contribution in [1.29, 1.82) is 0 Å². The Hall–Kier alpha value is -1.95. The summed E-state index contributed by atoms with van der Waals surface area (Å²) >= 11 is 0. The molecule has 130 valence electrons. The number of carbonyl (C=O) groups excluding carboxylic acids is 2. The van der Waals surface area contributed by atoms with Gasteiger partial charge in [-0.05, 0) is 49.4 Å². The molecule has 0 unspecified atom stereocenters. The number of hydrogen-bond donors (Lipinski definition) is 2. The first-order chi connectivity index (χ1) is 11.6. The maximum atomic E-state index is 12.5. The third-order valence-electron chi connectivity index (χ3n) is 5.22. The maximum Gasteiger partial charge on any atom is 0.223 e. The van der Waals surface area contributed by atoms with Crippen molar-refractivity contribution in [1.82, 2.24) is 20.5 Å². The highest BCUT2D eigenvalue weighted by Gasteiger charge is 2.26. The van der Waals surface area contributed by atoms with Gasteiger partial charge in [0.05, 0.1) is 0 Å². The van der Waals surface area contributed by atoms with Crippen LogP contribution in [0.3, 0.4) is 0 Å². The summed E-state index contributed by atoms with van der Waals surface area (Å²) in [4.78, 5) is 30.1. The van der Waals surface area contributed by atoms with Gasteiger partial charge in [0.15, 0.2) is 0 Å². The van der Waals surface area contributed by atoms with Crippen LogP contribution >= 0.6 is 0 Å². The summed E-state index contributed by atoms with van der Waals surface area (Å²) < 4.78 is 0. The van der Waals surface area contributed by atoms with Crippen molar-refractivity contribution in [3.8, 4) is 0 Å². The van der Waals surface area contributed by atoms with E-state index in [1.54, 1.807) is 6.92 Å². The lowest BCUT2D eigenvalue weighted by Crippen LogP contribution is -2.42. The Morgan fingerprint density at radius 1 is 1.38 bits per heavy atom. The molecule has 2 amide bonds. The maximum absolute atomic E-state index is 12.5. The van der Waals surface area contributed by atoms with E-state index < -0.39 is 0 Å². The average Bonchev–Trinajstić information content (AvgIpc) is 2.60. The quantitative estimate of drug-likeness (QED) is 0.864. The summed E-state index contributed by atoms with van der Waals surface area (Å²) in [6.45, 7) is 7.33. The summed E-state index contributed by atoms with van der Waals surface area (Å²) in [7, 11) is 0. The molecular formula is C18H26N4O2. The third-order valence-corrected chi connectivity index (χ3v) is 5.22. The molecule has 24 heavy (non-hydrogen) atoms. The topological polar surface area (TPSA) is 74.3 Å². The van der Waals surface area contributed by atoms with Gasteiger partial charge in [-0.2, -0.15) is 0 Å². The number of piperidine rings is 1. The number of likely N-dealkylation sites (tertiary alicyclic amines) is 1. The summed E-state index contributed by atoms with van der Waals surface area (Å²) in [6, 6.07) is 0. The van der Waals surface area contributed by atoms with E-state index in [1.165, 1.54) is 16.7 Å². The Morgan fingerprint density at radius 2 is 2.12 bits per heavy atom. The molecule has 3 heterocycles. The number of pyridine rings is 1. The summed E-state index contributed by atoms with van der Waals surface area (Å²) in [6.07, 6.45) is 4.43. The van der Waals surface area contributed by atoms with E-state index in [0.29, 0.717) is 19.6 Å². The Morgan fingerprint density at radius 3 is 2.83 bits per heavy atom. The standard InChI is InChI=1S/C18H26N4O2/c1-12-17(16-3-6-19-9-15(16)10-20-12)11-21-18(24)14-4-7-22(8-5-14)13(2)23/h10,14,19H,3-9,11H2,1-2H3,(H,21,24). The lowest BCUT2D eigenvalue weighted by Gasteiger charge is -2.30. The van der Waals surface area contributed by atoms with Crippen LogP contribution in [0.25, 0.3) is 0 Å². The molecule has 6 heteroatoms. The van der Waals surface area contributed by atoms with Gasteiger partial charge in [0, 0.05) is 50.9 Å². The van der Waals surface area contributed by atoms with Crippen molar-refractivity contribution in [2.24, 2.45) is 5.92 Å². The second kappa shape index (κ2) is 7.30. The first-order valence-corrected chi connectivity index (χ1v) is 8.76. The molecule has 1 saturated heterocycles. The number of hydrogen-bond acceptors (Lipinski definition) is 4. The van der Waals surface area contributed by atoms with Crippen LogP contribution in [0.15, 0.2) is 6.20 Å². The van der Waals surface area contributed by atoms with Crippen LogP contribution in [-0.2, 0) is 29.1 Å². The molecule has 1 aromatic heterocycles. The predicted molar refractivity (Wildman–Crippen MR) is 91.2 cm³/mol. The molecule has 2 aliphatic heterocycles. The van der Waals surface area contributed by atoms with Crippen molar-refractivity contribution in [3.63, 3.8) is 0 Å². The van der Waals surface area contributed by atoms with Gasteiger partial charge in [-0.25, -0.2) is 0 Å². The number of nitrogens with one attached hydrogen (secondary N) is 2. The number of aryl methyl sites for hydroxylation is 1. The minimum atomic E-state index is 0.00932. The number of fused-ring (bicyclic) bond motifs is 1. The molecule has 1 fully saturated rings. The highest BCUT2D eigenvalue weighted by Crippen LogP contribution is 2.21. The van der Waals surface area contributed by atoms with E-state index in [0.717, 1.165) is 38.0 Å². The molecule has 0 saturated carbocycles. The van der Waals surface area contributed by atoms with Crippen LogP contribution in [0.5, 0.6) is 0 Å². The van der Waals surface area contributed by atoms with Crippen LogP contribution in [-0.4, -0.2) is 41.3 Å². The Kier molecular flexibility index (Phi) is 5.14. The van der Waals surface area contributed by atoms with E-state index in [4.69, 9.17) is 0 Å². The first-order valence-electron chi connectivity index (χ1n) is 8.76. The zero-order valence-corrected chi connectivity index (χ0v) is 14.5. The van der Waals surface area contributed by atoms with Crippen LogP contribution in [0.1, 0.15) is 42.1 Å². The number of amides is 2. The van der Waals surface area contributed by atoms with E-state index in [2.05, 4.69) is 15.6 Å².